The number of H-pyrrole nitrogens is 1. The van der Waals surface area contributed by atoms with Crippen LogP contribution in [0.2, 0.25) is 0 Å². The molecular formula is C20H23N3O2. The number of aromatic nitrogens is 1. The lowest BCUT2D eigenvalue weighted by Crippen LogP contribution is -2.51. The lowest BCUT2D eigenvalue weighted by molar-refractivity contribution is -0.120. The molecular weight excluding hydrogens is 314 g/mol. The van der Waals surface area contributed by atoms with Gasteiger partial charge in [0.15, 0.2) is 0 Å². The van der Waals surface area contributed by atoms with E-state index >= 15 is 0 Å². The lowest BCUT2D eigenvalue weighted by Gasteiger charge is -2.25. The second-order valence-electron chi connectivity index (χ2n) is 6.47. The molecule has 5 heteroatoms. The van der Waals surface area contributed by atoms with E-state index in [2.05, 4.69) is 15.6 Å². The minimum atomic E-state index is -0.381. The Morgan fingerprint density at radius 3 is 2.48 bits per heavy atom. The highest BCUT2D eigenvalue weighted by molar-refractivity contribution is 6.10. The van der Waals surface area contributed by atoms with E-state index in [4.69, 9.17) is 0 Å². The Bertz CT molecular complexity index is 929. The van der Waals surface area contributed by atoms with E-state index in [1.165, 1.54) is 6.92 Å². The summed E-state index contributed by atoms with van der Waals surface area (Å²) in [4.78, 5) is 27.4. The molecule has 0 fully saturated rings. The summed E-state index contributed by atoms with van der Waals surface area (Å²) in [6.45, 7) is 5.49. The number of carbonyl (C=O) groups is 2. The SMILES string of the molecule is CC[C@H](C)[C@@H](NC(C)=O)NC(=O)c1ccc2[nH]c3ccccc3c2c1. The van der Waals surface area contributed by atoms with Crippen LogP contribution in [0.1, 0.15) is 37.6 Å². The van der Waals surface area contributed by atoms with Crippen LogP contribution in [0.25, 0.3) is 21.8 Å². The molecule has 0 aliphatic heterocycles. The molecule has 2 aromatic carbocycles. The maximum absolute atomic E-state index is 12.7. The summed E-state index contributed by atoms with van der Waals surface area (Å²) in [5.74, 6) is -0.200. The summed E-state index contributed by atoms with van der Waals surface area (Å²) in [6, 6.07) is 13.6. The molecule has 1 heterocycles. The van der Waals surface area contributed by atoms with Crippen LogP contribution in [-0.2, 0) is 4.79 Å². The minimum absolute atomic E-state index is 0.143. The van der Waals surface area contributed by atoms with E-state index in [0.29, 0.717) is 5.56 Å². The van der Waals surface area contributed by atoms with Crippen molar-refractivity contribution in [1.29, 1.82) is 0 Å². The largest absolute Gasteiger partial charge is 0.355 e. The lowest BCUT2D eigenvalue weighted by atomic mass is 10.0. The molecule has 0 spiro atoms. The number of aromatic amines is 1. The van der Waals surface area contributed by atoms with Crippen molar-refractivity contribution in [1.82, 2.24) is 15.6 Å². The van der Waals surface area contributed by atoms with Crippen LogP contribution >= 0.6 is 0 Å². The van der Waals surface area contributed by atoms with Crippen molar-refractivity contribution < 1.29 is 9.59 Å². The summed E-state index contributed by atoms with van der Waals surface area (Å²) >= 11 is 0. The highest BCUT2D eigenvalue weighted by Crippen LogP contribution is 2.26. The van der Waals surface area contributed by atoms with Crippen LogP contribution in [0.15, 0.2) is 42.5 Å². The number of benzene rings is 2. The van der Waals surface area contributed by atoms with Crippen LogP contribution < -0.4 is 10.6 Å². The molecule has 130 valence electrons. The predicted octanol–water partition coefficient (Wildman–Crippen LogP) is 3.56. The molecule has 0 unspecified atom stereocenters. The van der Waals surface area contributed by atoms with Crippen molar-refractivity contribution in [3.63, 3.8) is 0 Å². The smallest absolute Gasteiger partial charge is 0.252 e. The zero-order valence-electron chi connectivity index (χ0n) is 14.7. The first-order chi connectivity index (χ1) is 12.0. The average molecular weight is 337 g/mol. The van der Waals surface area contributed by atoms with Crippen molar-refractivity contribution in [2.24, 2.45) is 5.92 Å². The summed E-state index contributed by atoms with van der Waals surface area (Å²) in [6.07, 6.45) is 0.473. The summed E-state index contributed by atoms with van der Waals surface area (Å²) in [5.41, 5.74) is 2.62. The molecule has 3 rings (SSSR count). The van der Waals surface area contributed by atoms with Crippen LogP contribution in [0, 0.1) is 5.92 Å². The maximum atomic E-state index is 12.7. The van der Waals surface area contributed by atoms with Gasteiger partial charge < -0.3 is 15.6 Å². The van der Waals surface area contributed by atoms with E-state index in [1.54, 1.807) is 6.07 Å². The molecule has 1 aromatic heterocycles. The molecule has 0 saturated heterocycles. The number of carbonyl (C=O) groups excluding carboxylic acids is 2. The van der Waals surface area contributed by atoms with Crippen LogP contribution in [0.4, 0.5) is 0 Å². The van der Waals surface area contributed by atoms with Crippen molar-refractivity contribution in [2.45, 2.75) is 33.4 Å². The van der Waals surface area contributed by atoms with E-state index in [1.807, 2.05) is 50.2 Å². The van der Waals surface area contributed by atoms with E-state index in [0.717, 1.165) is 28.2 Å². The molecule has 0 aliphatic rings. The standard InChI is InChI=1S/C20H23N3O2/c1-4-12(2)19(21-13(3)24)23-20(25)14-9-10-18-16(11-14)15-7-5-6-8-17(15)22-18/h5-12,19,22H,4H2,1-3H3,(H,21,24)(H,23,25)/t12-,19-/m0/s1. The van der Waals surface area contributed by atoms with Gasteiger partial charge in [0.2, 0.25) is 5.91 Å². The van der Waals surface area contributed by atoms with Crippen LogP contribution in [0.5, 0.6) is 0 Å². The molecule has 3 aromatic rings. The highest BCUT2D eigenvalue weighted by atomic mass is 16.2. The molecule has 0 bridgehead atoms. The topological polar surface area (TPSA) is 74.0 Å². The van der Waals surface area contributed by atoms with Gasteiger partial charge in [-0.1, -0.05) is 32.0 Å². The second kappa shape index (κ2) is 6.97. The van der Waals surface area contributed by atoms with E-state index in [9.17, 15) is 9.59 Å². The first kappa shape index (κ1) is 17.0. The van der Waals surface area contributed by atoms with Crippen molar-refractivity contribution in [3.05, 3.63) is 48.0 Å². The minimum Gasteiger partial charge on any atom is -0.355 e. The van der Waals surface area contributed by atoms with Gasteiger partial charge in [0, 0.05) is 34.3 Å². The fourth-order valence-corrected chi connectivity index (χ4v) is 2.99. The zero-order chi connectivity index (χ0) is 18.0. The van der Waals surface area contributed by atoms with Crippen molar-refractivity contribution in [3.8, 4) is 0 Å². The fraction of sp³-hybridized carbons (Fsp3) is 0.300. The number of hydrogen-bond donors (Lipinski definition) is 3. The van der Waals surface area contributed by atoms with Gasteiger partial charge >= 0.3 is 0 Å². The Morgan fingerprint density at radius 2 is 1.76 bits per heavy atom. The Balaban J connectivity index is 1.90. The van der Waals surface area contributed by atoms with E-state index < -0.39 is 0 Å². The van der Waals surface area contributed by atoms with Crippen LogP contribution in [0.3, 0.4) is 0 Å². The molecule has 3 N–H and O–H groups in total. The third-order valence-electron chi connectivity index (χ3n) is 4.63. The zero-order valence-corrected chi connectivity index (χ0v) is 14.7. The Kier molecular flexibility index (Phi) is 4.74. The van der Waals surface area contributed by atoms with Gasteiger partial charge in [-0.25, -0.2) is 0 Å². The number of fused-ring (bicyclic) bond motifs is 3. The first-order valence-electron chi connectivity index (χ1n) is 8.58. The third kappa shape index (κ3) is 3.50. The Hall–Kier alpha value is -2.82. The molecule has 0 radical (unpaired) electrons. The monoisotopic (exact) mass is 337 g/mol. The molecule has 0 saturated carbocycles. The maximum Gasteiger partial charge on any atom is 0.252 e. The normalized spacial score (nSPS) is 13.6. The van der Waals surface area contributed by atoms with Gasteiger partial charge in [-0.05, 0) is 36.6 Å². The fourth-order valence-electron chi connectivity index (χ4n) is 2.99. The first-order valence-corrected chi connectivity index (χ1v) is 8.58. The second-order valence-corrected chi connectivity index (χ2v) is 6.47. The van der Waals surface area contributed by atoms with Crippen LogP contribution in [-0.4, -0.2) is 23.0 Å². The molecule has 25 heavy (non-hydrogen) atoms. The summed E-state index contributed by atoms with van der Waals surface area (Å²) in [5, 5.41) is 7.86. The number of hydrogen-bond acceptors (Lipinski definition) is 2. The van der Waals surface area contributed by atoms with Crippen molar-refractivity contribution in [2.75, 3.05) is 0 Å². The van der Waals surface area contributed by atoms with Gasteiger partial charge in [0.1, 0.15) is 6.17 Å². The van der Waals surface area contributed by atoms with Gasteiger partial charge in [-0.3, -0.25) is 9.59 Å². The number of rotatable bonds is 5. The molecule has 0 aliphatic carbocycles. The molecule has 2 atom stereocenters. The summed E-state index contributed by atoms with van der Waals surface area (Å²) < 4.78 is 0. The van der Waals surface area contributed by atoms with Crippen molar-refractivity contribution >= 4 is 33.6 Å². The third-order valence-corrected chi connectivity index (χ3v) is 4.63. The quantitative estimate of drug-likeness (QED) is 0.623. The number of amides is 2. The Morgan fingerprint density at radius 1 is 1.04 bits per heavy atom. The number of nitrogens with one attached hydrogen (secondary N) is 3. The predicted molar refractivity (Wildman–Crippen MR) is 100 cm³/mol. The molecule has 5 nitrogen and oxygen atoms in total. The molecule has 2 amide bonds. The summed E-state index contributed by atoms with van der Waals surface area (Å²) in [7, 11) is 0. The highest BCUT2D eigenvalue weighted by Gasteiger charge is 2.20. The van der Waals surface area contributed by atoms with Gasteiger partial charge in [-0.15, -0.1) is 0 Å². The van der Waals surface area contributed by atoms with Gasteiger partial charge in [0.05, 0.1) is 0 Å². The van der Waals surface area contributed by atoms with E-state index in [-0.39, 0.29) is 23.9 Å². The Labute approximate surface area is 146 Å². The number of para-hydroxylation sites is 1. The van der Waals surface area contributed by atoms with Gasteiger partial charge in [0.25, 0.3) is 5.91 Å². The van der Waals surface area contributed by atoms with Gasteiger partial charge in [-0.2, -0.15) is 0 Å². The average Bonchev–Trinajstić information content (AvgIpc) is 2.97.